The summed E-state index contributed by atoms with van der Waals surface area (Å²) in [6.45, 7) is 2.00. The summed E-state index contributed by atoms with van der Waals surface area (Å²) in [5.74, 6) is 0.0174. The molecule has 1 heterocycles. The van der Waals surface area contributed by atoms with Crippen molar-refractivity contribution in [1.29, 1.82) is 0 Å². The van der Waals surface area contributed by atoms with Gasteiger partial charge in [0.05, 0.1) is 11.4 Å². The lowest BCUT2D eigenvalue weighted by Gasteiger charge is -2.18. The highest BCUT2D eigenvalue weighted by atomic mass is 16.1. The SMILES string of the molecule is CN=Cc1c(N)cccc1-c1cccc2c1N[C@H](C)CC(=O)N2. The Morgan fingerprint density at radius 2 is 1.96 bits per heavy atom. The summed E-state index contributed by atoms with van der Waals surface area (Å²) in [5.41, 5.74) is 11.4. The molecule has 0 spiro atoms. The van der Waals surface area contributed by atoms with Gasteiger partial charge < -0.3 is 16.4 Å². The lowest BCUT2D eigenvalue weighted by Crippen LogP contribution is -2.19. The minimum atomic E-state index is 0.0174. The van der Waals surface area contributed by atoms with Crippen LogP contribution in [0.4, 0.5) is 17.1 Å². The second kappa shape index (κ2) is 6.12. The summed E-state index contributed by atoms with van der Waals surface area (Å²) in [7, 11) is 1.72. The average Bonchev–Trinajstić information content (AvgIpc) is 2.65. The van der Waals surface area contributed by atoms with Gasteiger partial charge in [-0.2, -0.15) is 0 Å². The first kappa shape index (κ1) is 15.1. The van der Waals surface area contributed by atoms with E-state index < -0.39 is 0 Å². The third kappa shape index (κ3) is 2.90. The Kier molecular flexibility index (Phi) is 4.02. The molecule has 2 aromatic carbocycles. The number of nitrogens with two attached hydrogens (primary N) is 1. The molecule has 4 N–H and O–H groups in total. The number of para-hydroxylation sites is 1. The van der Waals surface area contributed by atoms with Crippen LogP contribution in [-0.2, 0) is 4.79 Å². The van der Waals surface area contributed by atoms with Gasteiger partial charge >= 0.3 is 0 Å². The van der Waals surface area contributed by atoms with Gasteiger partial charge in [0.15, 0.2) is 0 Å². The Labute approximate surface area is 135 Å². The maximum Gasteiger partial charge on any atom is 0.226 e. The van der Waals surface area contributed by atoms with E-state index in [1.54, 1.807) is 13.3 Å². The van der Waals surface area contributed by atoms with Crippen molar-refractivity contribution in [3.05, 3.63) is 42.0 Å². The minimum absolute atomic E-state index is 0.0174. The van der Waals surface area contributed by atoms with Crippen LogP contribution >= 0.6 is 0 Å². The summed E-state index contributed by atoms with van der Waals surface area (Å²) in [4.78, 5) is 16.1. The molecule has 0 fully saturated rings. The zero-order chi connectivity index (χ0) is 16.4. The summed E-state index contributed by atoms with van der Waals surface area (Å²) in [6.07, 6.45) is 2.21. The zero-order valence-corrected chi connectivity index (χ0v) is 13.3. The van der Waals surface area contributed by atoms with E-state index in [0.29, 0.717) is 12.1 Å². The number of carbonyl (C=O) groups excluding carboxylic acids is 1. The van der Waals surface area contributed by atoms with E-state index in [2.05, 4.69) is 15.6 Å². The van der Waals surface area contributed by atoms with Crippen LogP contribution in [0, 0.1) is 0 Å². The Balaban J connectivity index is 2.21. The number of carbonyl (C=O) groups is 1. The smallest absolute Gasteiger partial charge is 0.226 e. The highest BCUT2D eigenvalue weighted by molar-refractivity contribution is 6.04. The summed E-state index contributed by atoms with van der Waals surface area (Å²) < 4.78 is 0. The van der Waals surface area contributed by atoms with Gasteiger partial charge in [0.1, 0.15) is 0 Å². The summed E-state index contributed by atoms with van der Waals surface area (Å²) in [5, 5.41) is 6.40. The van der Waals surface area contributed by atoms with E-state index in [0.717, 1.165) is 28.1 Å². The predicted octanol–water partition coefficient (Wildman–Crippen LogP) is 3.13. The van der Waals surface area contributed by atoms with Crippen molar-refractivity contribution < 1.29 is 4.79 Å². The van der Waals surface area contributed by atoms with Gasteiger partial charge in [0.2, 0.25) is 5.91 Å². The van der Waals surface area contributed by atoms with Crippen molar-refractivity contribution in [3.63, 3.8) is 0 Å². The number of benzene rings is 2. The number of nitrogen functional groups attached to an aromatic ring is 1. The van der Waals surface area contributed by atoms with Gasteiger partial charge in [-0.05, 0) is 24.6 Å². The molecule has 5 heteroatoms. The van der Waals surface area contributed by atoms with E-state index in [1.165, 1.54) is 0 Å². The molecule has 0 bridgehead atoms. The molecule has 0 saturated carbocycles. The topological polar surface area (TPSA) is 79.5 Å². The molecule has 0 aliphatic carbocycles. The number of amides is 1. The molecule has 5 nitrogen and oxygen atoms in total. The fraction of sp³-hybridized carbons (Fsp3) is 0.222. The zero-order valence-electron chi connectivity index (χ0n) is 13.3. The van der Waals surface area contributed by atoms with Crippen LogP contribution in [0.25, 0.3) is 11.1 Å². The predicted molar refractivity (Wildman–Crippen MR) is 96.1 cm³/mol. The van der Waals surface area contributed by atoms with E-state index in [4.69, 9.17) is 5.73 Å². The van der Waals surface area contributed by atoms with Crippen LogP contribution in [0.1, 0.15) is 18.9 Å². The lowest BCUT2D eigenvalue weighted by molar-refractivity contribution is -0.116. The van der Waals surface area contributed by atoms with E-state index in [1.807, 2.05) is 43.3 Å². The first-order valence-corrected chi connectivity index (χ1v) is 7.60. The van der Waals surface area contributed by atoms with Gasteiger partial charge in [-0.25, -0.2) is 0 Å². The van der Waals surface area contributed by atoms with Gasteiger partial charge in [0, 0.05) is 42.5 Å². The number of hydrogen-bond acceptors (Lipinski definition) is 4. The maximum atomic E-state index is 11.9. The molecule has 0 unspecified atom stereocenters. The second-order valence-electron chi connectivity index (χ2n) is 5.72. The maximum absolute atomic E-state index is 11.9. The van der Waals surface area contributed by atoms with Crippen molar-refractivity contribution >= 4 is 29.2 Å². The first-order chi connectivity index (χ1) is 11.1. The van der Waals surface area contributed by atoms with Crippen molar-refractivity contribution in [2.24, 2.45) is 4.99 Å². The Bertz CT molecular complexity index is 783. The van der Waals surface area contributed by atoms with E-state index in [-0.39, 0.29) is 11.9 Å². The molecule has 118 valence electrons. The van der Waals surface area contributed by atoms with E-state index >= 15 is 0 Å². The number of hydrogen-bond donors (Lipinski definition) is 3. The number of rotatable bonds is 2. The van der Waals surface area contributed by atoms with Crippen LogP contribution < -0.4 is 16.4 Å². The number of anilines is 3. The molecule has 1 aliphatic rings. The normalized spacial score (nSPS) is 17.3. The largest absolute Gasteiger partial charge is 0.398 e. The quantitative estimate of drug-likeness (QED) is 0.589. The molecule has 1 amide bonds. The van der Waals surface area contributed by atoms with Gasteiger partial charge in [-0.15, -0.1) is 0 Å². The number of nitrogens with one attached hydrogen (secondary N) is 2. The van der Waals surface area contributed by atoms with Gasteiger partial charge in [-0.3, -0.25) is 9.79 Å². The standard InChI is InChI=1S/C18H20N4O/c1-11-9-17(23)22-16-8-4-6-13(18(16)21-11)12-5-3-7-15(19)14(12)10-20-2/h3-8,10-11,21H,9,19H2,1-2H3,(H,22,23)/t11-/m1/s1. The van der Waals surface area contributed by atoms with Crippen molar-refractivity contribution in [2.75, 3.05) is 23.4 Å². The number of fused-ring (bicyclic) bond motifs is 1. The fourth-order valence-electron chi connectivity index (χ4n) is 2.90. The third-order valence-corrected chi connectivity index (χ3v) is 3.91. The Morgan fingerprint density at radius 1 is 1.22 bits per heavy atom. The minimum Gasteiger partial charge on any atom is -0.398 e. The molecular weight excluding hydrogens is 288 g/mol. The Morgan fingerprint density at radius 3 is 2.74 bits per heavy atom. The second-order valence-corrected chi connectivity index (χ2v) is 5.72. The average molecular weight is 308 g/mol. The van der Waals surface area contributed by atoms with Crippen LogP contribution in [-0.4, -0.2) is 25.2 Å². The van der Waals surface area contributed by atoms with Crippen LogP contribution in [0.3, 0.4) is 0 Å². The third-order valence-electron chi connectivity index (χ3n) is 3.91. The van der Waals surface area contributed by atoms with Gasteiger partial charge in [-0.1, -0.05) is 24.3 Å². The highest BCUT2D eigenvalue weighted by Gasteiger charge is 2.21. The lowest BCUT2D eigenvalue weighted by atomic mass is 9.96. The molecule has 0 radical (unpaired) electrons. The number of aliphatic imine (C=N–C) groups is 1. The molecule has 23 heavy (non-hydrogen) atoms. The molecule has 2 aromatic rings. The van der Waals surface area contributed by atoms with Crippen molar-refractivity contribution in [2.45, 2.75) is 19.4 Å². The van der Waals surface area contributed by atoms with E-state index in [9.17, 15) is 4.79 Å². The highest BCUT2D eigenvalue weighted by Crippen LogP contribution is 2.38. The Hall–Kier alpha value is -2.82. The summed E-state index contributed by atoms with van der Waals surface area (Å²) in [6, 6.07) is 11.7. The van der Waals surface area contributed by atoms with Crippen molar-refractivity contribution in [3.8, 4) is 11.1 Å². The summed E-state index contributed by atoms with van der Waals surface area (Å²) >= 11 is 0. The number of nitrogens with zero attached hydrogens (tertiary/aromatic N) is 1. The first-order valence-electron chi connectivity index (χ1n) is 7.60. The van der Waals surface area contributed by atoms with Crippen LogP contribution in [0.5, 0.6) is 0 Å². The van der Waals surface area contributed by atoms with Crippen molar-refractivity contribution in [1.82, 2.24) is 0 Å². The monoisotopic (exact) mass is 308 g/mol. The molecule has 1 aliphatic heterocycles. The van der Waals surface area contributed by atoms with Gasteiger partial charge in [0.25, 0.3) is 0 Å². The molecular formula is C18H20N4O. The fourth-order valence-corrected chi connectivity index (χ4v) is 2.90. The van der Waals surface area contributed by atoms with Crippen LogP contribution in [0.2, 0.25) is 0 Å². The molecule has 0 saturated heterocycles. The molecule has 3 rings (SSSR count). The molecule has 0 aromatic heterocycles. The van der Waals surface area contributed by atoms with Crippen LogP contribution in [0.15, 0.2) is 41.4 Å². The molecule has 1 atom stereocenters.